The Kier molecular flexibility index (Phi) is 47.4. The fraction of sp³-hybridized carbons (Fsp3) is 0.618. The number of aliphatic carboxylic acids is 4. The topological polar surface area (TPSA) is 709 Å². The molecule has 0 saturated heterocycles. The maximum absolute atomic E-state index is 14.3. The highest BCUT2D eigenvalue weighted by atomic mass is 32.2. The van der Waals surface area contributed by atoms with Crippen LogP contribution < -0.4 is 91.6 Å². The molecule has 26 N–H and O–H groups in total. The van der Waals surface area contributed by atoms with Crippen molar-refractivity contribution < 1.29 is 127 Å². The van der Waals surface area contributed by atoms with E-state index >= 15 is 0 Å². The van der Waals surface area contributed by atoms with Crippen LogP contribution in [-0.2, 0) is 102 Å². The van der Waals surface area contributed by atoms with Gasteiger partial charge in [-0.3, -0.25) is 91.1 Å². The van der Waals surface area contributed by atoms with Crippen molar-refractivity contribution in [2.45, 2.75) is 216 Å². The number of thioether (sulfide) groups is 1. The molecule has 16 atom stereocenters. The van der Waals surface area contributed by atoms with Crippen molar-refractivity contribution in [2.75, 3.05) is 35.8 Å². The third-order valence-corrected chi connectivity index (χ3v) is 18.7. The van der Waals surface area contributed by atoms with Gasteiger partial charge in [-0.2, -0.15) is 49.6 Å². The third kappa shape index (κ3) is 39.6. The van der Waals surface area contributed by atoms with E-state index in [-0.39, 0.29) is 50.0 Å². The number of aromatic hydroxyl groups is 1. The minimum Gasteiger partial charge on any atom is -0.508 e. The first-order valence-corrected chi connectivity index (χ1v) is 39.3. The summed E-state index contributed by atoms with van der Waals surface area (Å²) in [5, 5.41) is 90.7. The van der Waals surface area contributed by atoms with Crippen LogP contribution in [-0.4, -0.2) is 276 Å². The lowest BCUT2D eigenvalue weighted by molar-refractivity contribution is -0.142. The van der Waals surface area contributed by atoms with Crippen LogP contribution in [0.5, 0.6) is 5.75 Å². The lowest BCUT2D eigenvalue weighted by Gasteiger charge is -2.29. The number of benzene rings is 1. The zero-order valence-corrected chi connectivity index (χ0v) is 67.7. The fourth-order valence-corrected chi connectivity index (χ4v) is 11.5. The molecule has 0 radical (unpaired) electrons. The first kappa shape index (κ1) is 103. The summed E-state index contributed by atoms with van der Waals surface area (Å²) < 4.78 is 0. The van der Waals surface area contributed by atoms with Gasteiger partial charge in [-0.05, 0) is 93.9 Å². The Bertz CT molecular complexity index is 3590. The second kappa shape index (κ2) is 53.0. The Balaban J connectivity index is 3.39. The Hall–Kier alpha value is -10.3. The molecule has 0 heterocycles. The van der Waals surface area contributed by atoms with Crippen LogP contribution in [0.1, 0.15) is 124 Å². The highest BCUT2D eigenvalue weighted by Gasteiger charge is 2.39. The Morgan fingerprint density at radius 1 is 0.426 bits per heavy atom. The molecule has 0 aromatic heterocycles. The molecular weight excluding hydrogens is 1600 g/mol. The molecule has 0 spiro atoms. The summed E-state index contributed by atoms with van der Waals surface area (Å²) in [6, 6.07) is -17.5. The number of hydrogen-bond acceptors (Lipinski definition) is 27. The van der Waals surface area contributed by atoms with Crippen LogP contribution in [0.2, 0.25) is 0 Å². The summed E-state index contributed by atoms with van der Waals surface area (Å²) in [6.07, 6.45) is -6.06. The van der Waals surface area contributed by atoms with Crippen LogP contribution >= 0.6 is 49.6 Å². The predicted octanol–water partition coefficient (Wildman–Crippen LogP) is -7.46. The van der Waals surface area contributed by atoms with E-state index in [0.29, 0.717) is 5.56 Å². The van der Waals surface area contributed by atoms with Gasteiger partial charge < -0.3 is 122 Å². The standard InChI is InChI=1S/C68H107N17O26S4/c1-8-31(4)53(67(109)80-42(25-48(71)89)62(104)78-40(21-22-115-7)57(99)73-32(5)55(97)81-45(28-113)65(107)85-54(33(6)86)66(108)72-26-49(90)74-43(68(110)111)24-34-9-11-35(87)12-10-34)84-64(106)46(29-114)83-61(103)41(23-30(2)3)79-59(101)38(15-19-51(93)94)77-63(105)44(27-112)82-60(102)39(16-20-52(95)96)76-58(100)37(14-18-50(91)92)75-56(98)36(69)13-17-47(70)88/h9-12,30-33,36-46,53-54,86-87,112-114H,8,13-29,69H2,1-7H3,(H2,70,88)(H2,71,89)(H,72,108)(H,73,99)(H,74,90)(H,75,98)(H,76,100)(H,77,105)(H,78,104)(H,79,101)(H,80,109)(H,81,97)(H,82,102)(H,83,103)(H,84,106)(H,85,107)(H,91,92)(H,93,94)(H,95,96)(H,110,111)/t31-,32-,33+,36-,37-,38-,39-,40-,41-,42-,43-,44-,45-,46-,53-,54-/m0/s1. The van der Waals surface area contributed by atoms with Crippen molar-refractivity contribution in [3.63, 3.8) is 0 Å². The summed E-state index contributed by atoms with van der Waals surface area (Å²) in [5.74, 6) is -25.7. The Morgan fingerprint density at radius 3 is 1.22 bits per heavy atom. The number of carboxylic acids is 4. The molecule has 0 aliphatic heterocycles. The molecule has 16 amide bonds. The number of carbonyl (C=O) groups excluding carboxylic acids is 16. The van der Waals surface area contributed by atoms with Gasteiger partial charge in [-0.25, -0.2) is 4.79 Å². The van der Waals surface area contributed by atoms with Crippen molar-refractivity contribution in [3.05, 3.63) is 29.8 Å². The van der Waals surface area contributed by atoms with Crippen molar-refractivity contribution >= 4 is 168 Å². The average molecular weight is 1710 g/mol. The number of aliphatic hydroxyl groups is 1. The summed E-state index contributed by atoms with van der Waals surface area (Å²) in [7, 11) is 0. The minimum atomic E-state index is -1.85. The van der Waals surface area contributed by atoms with E-state index < -0.39 is 290 Å². The highest BCUT2D eigenvalue weighted by Crippen LogP contribution is 2.16. The van der Waals surface area contributed by atoms with Crippen molar-refractivity contribution in [2.24, 2.45) is 29.0 Å². The second-order valence-electron chi connectivity index (χ2n) is 27.0. The van der Waals surface area contributed by atoms with E-state index in [0.717, 1.165) is 6.92 Å². The molecule has 0 bridgehead atoms. The summed E-state index contributed by atoms with van der Waals surface area (Å²) in [5.41, 5.74) is 16.9. The molecule has 1 rings (SSSR count). The molecule has 47 heteroatoms. The first-order valence-electron chi connectivity index (χ1n) is 36.0. The zero-order valence-electron chi connectivity index (χ0n) is 64.2. The van der Waals surface area contributed by atoms with Gasteiger partial charge in [0.25, 0.3) is 0 Å². The maximum Gasteiger partial charge on any atom is 0.326 e. The van der Waals surface area contributed by atoms with Gasteiger partial charge in [-0.15, -0.1) is 0 Å². The number of thiol groups is 3. The molecule has 1 aromatic rings. The molecule has 0 saturated carbocycles. The van der Waals surface area contributed by atoms with Crippen LogP contribution in [0.4, 0.5) is 0 Å². The normalized spacial score (nSPS) is 15.2. The van der Waals surface area contributed by atoms with Crippen LogP contribution in [0.25, 0.3) is 0 Å². The number of aliphatic hydroxyl groups excluding tert-OH is 1. The largest absolute Gasteiger partial charge is 0.508 e. The van der Waals surface area contributed by atoms with Crippen LogP contribution in [0.15, 0.2) is 24.3 Å². The molecule has 0 fully saturated rings. The molecule has 115 heavy (non-hydrogen) atoms. The molecule has 0 aliphatic carbocycles. The quantitative estimate of drug-likeness (QED) is 0.0269. The lowest BCUT2D eigenvalue weighted by atomic mass is 9.97. The van der Waals surface area contributed by atoms with Crippen molar-refractivity contribution in [1.82, 2.24) is 74.4 Å². The first-order chi connectivity index (χ1) is 53.8. The second-order valence-corrected chi connectivity index (χ2v) is 29.0. The molecule has 0 aliphatic rings. The zero-order chi connectivity index (χ0) is 87.7. The number of amides is 16. The van der Waals surface area contributed by atoms with Gasteiger partial charge in [-0.1, -0.05) is 46.2 Å². The number of nitrogens with one attached hydrogen (secondary N) is 14. The van der Waals surface area contributed by atoms with Gasteiger partial charge >= 0.3 is 23.9 Å². The summed E-state index contributed by atoms with van der Waals surface area (Å²) in [6.45, 7) is 7.89. The van der Waals surface area contributed by atoms with E-state index in [9.17, 15) is 127 Å². The Morgan fingerprint density at radius 2 is 0.809 bits per heavy atom. The predicted molar refractivity (Wildman–Crippen MR) is 419 cm³/mol. The number of phenolic OH excluding ortho intramolecular Hbond substituents is 1. The number of carboxylic acid groups (broad SMARTS) is 4. The third-order valence-electron chi connectivity index (χ3n) is 17.0. The van der Waals surface area contributed by atoms with Gasteiger partial charge in [0, 0.05) is 49.4 Å². The molecule has 644 valence electrons. The van der Waals surface area contributed by atoms with E-state index in [2.05, 4.69) is 112 Å². The Labute approximate surface area is 681 Å². The van der Waals surface area contributed by atoms with E-state index in [1.165, 1.54) is 49.9 Å². The summed E-state index contributed by atoms with van der Waals surface area (Å²) in [4.78, 5) is 263. The number of primary amides is 2. The lowest BCUT2D eigenvalue weighted by Crippen LogP contribution is -2.62. The molecular formula is C68H107N17O26S4. The summed E-state index contributed by atoms with van der Waals surface area (Å²) >= 11 is 13.7. The number of rotatable bonds is 56. The highest BCUT2D eigenvalue weighted by molar-refractivity contribution is 7.98. The SMILES string of the molecule is CC[C@H](C)[C@H](NC(=O)[C@H](CS)NC(=O)[C@H](CC(C)C)NC(=O)[C@H](CCC(=O)O)NC(=O)[C@H](CS)NC(=O)[C@H](CCC(=O)O)NC(=O)[C@H](CCC(=O)O)NC(=O)[C@@H](N)CCC(N)=O)C(=O)N[C@@H](CC(N)=O)C(=O)N[C@@H](CCSC)C(=O)N[C@@H](C)C(=O)N[C@@H](CS)C(=O)N[C@H](C(=O)NCC(=O)N[C@@H](Cc1ccc(O)cc1)C(=O)O)[C@@H](C)O. The van der Waals surface area contributed by atoms with Crippen molar-refractivity contribution in [3.8, 4) is 5.75 Å². The van der Waals surface area contributed by atoms with Gasteiger partial charge in [0.05, 0.1) is 25.1 Å². The van der Waals surface area contributed by atoms with Crippen LogP contribution in [0.3, 0.4) is 0 Å². The molecule has 1 aromatic carbocycles. The molecule has 0 unspecified atom stereocenters. The minimum absolute atomic E-state index is 0.0819. The van der Waals surface area contributed by atoms with E-state index in [1.54, 1.807) is 27.0 Å². The molecule has 43 nitrogen and oxygen atoms in total. The monoisotopic (exact) mass is 1710 g/mol. The van der Waals surface area contributed by atoms with Gasteiger partial charge in [0.1, 0.15) is 84.3 Å². The number of hydrogen-bond donors (Lipinski definition) is 26. The maximum atomic E-state index is 14.3. The van der Waals surface area contributed by atoms with Gasteiger partial charge in [0.15, 0.2) is 0 Å². The number of phenols is 1. The number of nitrogens with two attached hydrogens (primary N) is 3. The van der Waals surface area contributed by atoms with E-state index in [1.807, 2.05) is 0 Å². The van der Waals surface area contributed by atoms with E-state index in [4.69, 9.17) is 17.2 Å². The number of carbonyl (C=O) groups is 20. The fourth-order valence-electron chi connectivity index (χ4n) is 10.3. The van der Waals surface area contributed by atoms with Gasteiger partial charge in [0.2, 0.25) is 94.5 Å². The van der Waals surface area contributed by atoms with Crippen LogP contribution in [0, 0.1) is 11.8 Å². The average Bonchev–Trinajstić information content (AvgIpc) is 0.865. The smallest absolute Gasteiger partial charge is 0.326 e. The van der Waals surface area contributed by atoms with Crippen molar-refractivity contribution in [1.29, 1.82) is 0 Å².